The molecule has 0 unspecified atom stereocenters. The molecular formula is C5H6Cr. The van der Waals surface area contributed by atoms with Crippen molar-refractivity contribution in [2.45, 2.75) is 0 Å². The van der Waals surface area contributed by atoms with Gasteiger partial charge in [-0.1, -0.05) is 0 Å². The summed E-state index contributed by atoms with van der Waals surface area (Å²) in [7, 11) is 0. The van der Waals surface area contributed by atoms with E-state index in [9.17, 15) is 0 Å². The van der Waals surface area contributed by atoms with E-state index in [-0.39, 0.29) is 0 Å². The number of hydrogen-bond donors (Lipinski definition) is 0. The fourth-order valence-electron chi connectivity index (χ4n) is 0.124. The van der Waals surface area contributed by atoms with E-state index >= 15 is 0 Å². The van der Waals surface area contributed by atoms with E-state index in [4.69, 9.17) is 0 Å². The Kier molecular flexibility index (Phi) is 4.79. The molecule has 0 heterocycles. The van der Waals surface area contributed by atoms with Gasteiger partial charge in [-0.05, 0) is 0 Å². The Bertz CT molecular complexity index is 62.0. The quantitative estimate of drug-likeness (QED) is 0.476. The van der Waals surface area contributed by atoms with Gasteiger partial charge in [-0.2, -0.15) is 0 Å². The molecule has 0 amide bonds. The topological polar surface area (TPSA) is 0 Å². The summed E-state index contributed by atoms with van der Waals surface area (Å²) in [5.74, 6) is 0. The van der Waals surface area contributed by atoms with Crippen LogP contribution in [0.4, 0.5) is 0 Å². The Morgan fingerprint density at radius 1 is 1.33 bits per heavy atom. The summed E-state index contributed by atoms with van der Waals surface area (Å²) in [6, 6.07) is 0. The molecule has 0 N–H and O–H groups in total. The van der Waals surface area contributed by atoms with Crippen LogP contribution in [0.15, 0.2) is 24.8 Å². The van der Waals surface area contributed by atoms with Gasteiger partial charge in [-0.25, -0.2) is 0 Å². The molecule has 0 aromatic rings. The van der Waals surface area contributed by atoms with Crippen LogP contribution in [0.1, 0.15) is 0 Å². The van der Waals surface area contributed by atoms with Crippen molar-refractivity contribution in [2.24, 2.45) is 0 Å². The van der Waals surface area contributed by atoms with Gasteiger partial charge in [0.05, 0.1) is 0 Å². The molecule has 0 radical (unpaired) electrons. The molecule has 0 saturated heterocycles. The first-order valence-corrected chi connectivity index (χ1v) is 2.38. The molecule has 1 heteroatoms. The average Bonchev–Trinajstić information content (AvgIpc) is 1.61. The van der Waals surface area contributed by atoms with Crippen molar-refractivity contribution in [3.8, 4) is 0 Å². The molecule has 0 atom stereocenters. The van der Waals surface area contributed by atoms with Crippen LogP contribution in [0.3, 0.4) is 0 Å². The fraction of sp³-hybridized carbons (Fsp3) is 0. The molecule has 6 heavy (non-hydrogen) atoms. The van der Waals surface area contributed by atoms with Gasteiger partial charge in [0, 0.05) is 0 Å². The Morgan fingerprint density at radius 2 is 2.00 bits per heavy atom. The van der Waals surface area contributed by atoms with Crippen molar-refractivity contribution in [3.63, 3.8) is 0 Å². The Labute approximate surface area is 46.1 Å². The second-order valence-electron chi connectivity index (χ2n) is 0.757. The van der Waals surface area contributed by atoms with Crippen molar-refractivity contribution in [3.05, 3.63) is 24.8 Å². The molecule has 0 fully saturated rings. The zero-order valence-corrected chi connectivity index (χ0v) is 4.70. The molecule has 0 bridgehead atoms. The third-order valence-electron chi connectivity index (χ3n) is 0.326. The number of hydrogen-bond acceptors (Lipinski definition) is 0. The first kappa shape index (κ1) is 5.88. The van der Waals surface area contributed by atoms with Crippen molar-refractivity contribution >= 4 is 4.88 Å². The third kappa shape index (κ3) is 3.88. The molecule has 0 rings (SSSR count). The molecule has 32 valence electrons. The fourth-order valence-corrected chi connectivity index (χ4v) is 0.266. The van der Waals surface area contributed by atoms with Crippen LogP contribution in [0.25, 0.3) is 0 Å². The van der Waals surface area contributed by atoms with E-state index in [1.165, 1.54) is 0 Å². The first-order chi connectivity index (χ1) is 2.91. The number of rotatable bonds is 2. The third-order valence-corrected chi connectivity index (χ3v) is 0.571. The van der Waals surface area contributed by atoms with Crippen LogP contribution in [0, 0.1) is 0 Å². The van der Waals surface area contributed by atoms with Gasteiger partial charge in [-0.3, -0.25) is 0 Å². The minimum atomic E-state index is 1.73. The SMILES string of the molecule is C=C/C=C\[CH]=[Cr]. The van der Waals surface area contributed by atoms with E-state index in [1.807, 2.05) is 17.0 Å². The Hall–Kier alpha value is -0.118. The van der Waals surface area contributed by atoms with Gasteiger partial charge in [0.15, 0.2) is 0 Å². The standard InChI is InChI=1S/C5H6.Cr/c1-3-5-4-2;/h1,3-5H,2H2;/b5-3-;. The van der Waals surface area contributed by atoms with E-state index in [2.05, 4.69) is 22.4 Å². The summed E-state index contributed by atoms with van der Waals surface area (Å²) < 4.78 is 0. The molecule has 0 nitrogen and oxygen atoms in total. The van der Waals surface area contributed by atoms with Crippen LogP contribution in [0.5, 0.6) is 0 Å². The van der Waals surface area contributed by atoms with Gasteiger partial charge in [0.2, 0.25) is 0 Å². The van der Waals surface area contributed by atoms with Gasteiger partial charge >= 0.3 is 45.5 Å². The summed E-state index contributed by atoms with van der Waals surface area (Å²) in [5, 5.41) is 0. The Balaban J connectivity index is 3.17. The normalized spacial score (nSPS) is 8.67. The second-order valence-corrected chi connectivity index (χ2v) is 1.18. The Morgan fingerprint density at radius 3 is 2.17 bits per heavy atom. The molecule has 0 spiro atoms. The molecular weight excluding hydrogens is 112 g/mol. The molecule has 0 aromatic carbocycles. The van der Waals surface area contributed by atoms with E-state index < -0.39 is 0 Å². The van der Waals surface area contributed by atoms with E-state index in [0.717, 1.165) is 0 Å². The molecule has 0 saturated carbocycles. The van der Waals surface area contributed by atoms with Crippen molar-refractivity contribution < 1.29 is 15.9 Å². The van der Waals surface area contributed by atoms with Crippen molar-refractivity contribution in [1.29, 1.82) is 0 Å². The maximum absolute atomic E-state index is 3.48. The molecule has 0 aliphatic heterocycles. The van der Waals surface area contributed by atoms with Gasteiger partial charge in [0.1, 0.15) is 0 Å². The van der Waals surface area contributed by atoms with Crippen LogP contribution in [-0.2, 0) is 15.9 Å². The average molecular weight is 118 g/mol. The van der Waals surface area contributed by atoms with Crippen LogP contribution >= 0.6 is 0 Å². The summed E-state index contributed by atoms with van der Waals surface area (Å²) in [5.41, 5.74) is 0. The van der Waals surface area contributed by atoms with Crippen LogP contribution in [0.2, 0.25) is 0 Å². The summed E-state index contributed by atoms with van der Waals surface area (Å²) in [6.45, 7) is 3.48. The summed E-state index contributed by atoms with van der Waals surface area (Å²) in [6.07, 6.45) is 5.47. The summed E-state index contributed by atoms with van der Waals surface area (Å²) >= 11 is 2.72. The second kappa shape index (κ2) is 4.88. The zero-order valence-electron chi connectivity index (χ0n) is 3.42. The van der Waals surface area contributed by atoms with E-state index in [0.29, 0.717) is 0 Å². The van der Waals surface area contributed by atoms with Crippen molar-refractivity contribution in [1.82, 2.24) is 0 Å². The van der Waals surface area contributed by atoms with Gasteiger partial charge < -0.3 is 0 Å². The zero-order chi connectivity index (χ0) is 4.83. The van der Waals surface area contributed by atoms with Gasteiger partial charge in [0.25, 0.3) is 0 Å². The maximum atomic E-state index is 3.48. The molecule has 0 aliphatic carbocycles. The van der Waals surface area contributed by atoms with Crippen LogP contribution < -0.4 is 0 Å². The molecule has 0 aromatic heterocycles. The molecule has 0 aliphatic rings. The van der Waals surface area contributed by atoms with Crippen LogP contribution in [-0.4, -0.2) is 4.88 Å². The monoisotopic (exact) mass is 118 g/mol. The summed E-state index contributed by atoms with van der Waals surface area (Å²) in [4.78, 5) is 1.84. The minimum absolute atomic E-state index is 1.73. The predicted octanol–water partition coefficient (Wildman–Crippen LogP) is 1.08. The van der Waals surface area contributed by atoms with Gasteiger partial charge in [-0.15, -0.1) is 0 Å². The first-order valence-electron chi connectivity index (χ1n) is 1.64. The number of allylic oxidation sites excluding steroid dienone is 3. The van der Waals surface area contributed by atoms with E-state index in [1.54, 1.807) is 6.08 Å². The predicted molar refractivity (Wildman–Crippen MR) is 25.4 cm³/mol. The van der Waals surface area contributed by atoms with Crippen molar-refractivity contribution in [2.75, 3.05) is 0 Å².